The predicted molar refractivity (Wildman–Crippen MR) is 98.7 cm³/mol. The van der Waals surface area contributed by atoms with Crippen LogP contribution in [0.1, 0.15) is 50.5 Å². The Morgan fingerprint density at radius 1 is 1.00 bits per heavy atom. The topological polar surface area (TPSA) is 49.4 Å². The van der Waals surface area contributed by atoms with Crippen molar-refractivity contribution in [3.63, 3.8) is 0 Å². The van der Waals surface area contributed by atoms with Crippen LogP contribution in [0.5, 0.6) is 0 Å². The Hall–Kier alpha value is -0.620. The van der Waals surface area contributed by atoms with Crippen molar-refractivity contribution < 1.29 is 8.42 Å². The molecular formula is C18H27ClN2O2S. The number of hydrogen-bond acceptors (Lipinski definition) is 3. The molecule has 1 aromatic carbocycles. The van der Waals surface area contributed by atoms with E-state index in [1.165, 1.54) is 32.1 Å². The van der Waals surface area contributed by atoms with Gasteiger partial charge in [-0.2, -0.15) is 0 Å². The average Bonchev–Trinajstić information content (AvgIpc) is 3.06. The maximum Gasteiger partial charge on any atom is 0.215 e. The molecule has 24 heavy (non-hydrogen) atoms. The van der Waals surface area contributed by atoms with Gasteiger partial charge in [-0.3, -0.25) is 4.90 Å². The summed E-state index contributed by atoms with van der Waals surface area (Å²) in [7, 11) is -3.33. The van der Waals surface area contributed by atoms with Crippen molar-refractivity contribution in [1.29, 1.82) is 0 Å². The van der Waals surface area contributed by atoms with Crippen molar-refractivity contribution in [1.82, 2.24) is 9.62 Å². The minimum absolute atomic E-state index is 0.0141. The number of nitrogens with zero attached hydrogens (tertiary/aromatic N) is 1. The molecule has 0 aromatic heterocycles. The van der Waals surface area contributed by atoms with E-state index in [1.807, 2.05) is 0 Å². The molecule has 1 saturated carbocycles. The lowest BCUT2D eigenvalue weighted by atomic mass is 9.92. The quantitative estimate of drug-likeness (QED) is 0.832. The Balaban J connectivity index is 1.64. The van der Waals surface area contributed by atoms with Crippen LogP contribution in [-0.4, -0.2) is 38.5 Å². The Bertz CT molecular complexity index is 633. The van der Waals surface area contributed by atoms with Crippen LogP contribution >= 0.6 is 11.6 Å². The fraction of sp³-hybridized carbons (Fsp3) is 0.667. The number of rotatable bonds is 6. The molecule has 0 bridgehead atoms. The number of benzene rings is 1. The number of likely N-dealkylation sites (tertiary alicyclic amines) is 1. The molecule has 2 fully saturated rings. The summed E-state index contributed by atoms with van der Waals surface area (Å²) in [5.74, 6) is 0.0141. The third-order valence-corrected chi connectivity index (χ3v) is 7.00. The van der Waals surface area contributed by atoms with E-state index < -0.39 is 10.0 Å². The first kappa shape index (κ1) is 18.2. The van der Waals surface area contributed by atoms with Gasteiger partial charge in [0.25, 0.3) is 0 Å². The predicted octanol–water partition coefficient (Wildman–Crippen LogP) is 3.56. The molecule has 0 unspecified atom stereocenters. The zero-order valence-electron chi connectivity index (χ0n) is 14.1. The van der Waals surface area contributed by atoms with Gasteiger partial charge in [-0.25, -0.2) is 13.1 Å². The van der Waals surface area contributed by atoms with Crippen LogP contribution in [0.3, 0.4) is 0 Å². The Morgan fingerprint density at radius 3 is 2.25 bits per heavy atom. The highest BCUT2D eigenvalue weighted by Crippen LogP contribution is 2.36. The van der Waals surface area contributed by atoms with Crippen LogP contribution in [0.2, 0.25) is 5.02 Å². The van der Waals surface area contributed by atoms with Crippen molar-refractivity contribution >= 4 is 21.6 Å². The molecule has 0 spiro atoms. The van der Waals surface area contributed by atoms with Crippen LogP contribution in [0.4, 0.5) is 0 Å². The highest BCUT2D eigenvalue weighted by Gasteiger charge is 2.40. The summed E-state index contributed by atoms with van der Waals surface area (Å²) in [6.07, 6.45) is 8.39. The van der Waals surface area contributed by atoms with E-state index in [9.17, 15) is 8.42 Å². The van der Waals surface area contributed by atoms with Crippen LogP contribution in [0, 0.1) is 0 Å². The number of hydrogen-bond donors (Lipinski definition) is 1. The van der Waals surface area contributed by atoms with E-state index in [2.05, 4.69) is 9.62 Å². The molecule has 1 aromatic rings. The zero-order chi connectivity index (χ0) is 17.0. The first-order chi connectivity index (χ1) is 11.5. The van der Waals surface area contributed by atoms with Crippen molar-refractivity contribution in [3.8, 4) is 0 Å². The van der Waals surface area contributed by atoms with Gasteiger partial charge in [-0.05, 0) is 56.5 Å². The summed E-state index contributed by atoms with van der Waals surface area (Å²) in [6, 6.07) is 7.02. The average molecular weight is 371 g/mol. The van der Waals surface area contributed by atoms with Crippen molar-refractivity contribution in [2.75, 3.05) is 19.6 Å². The standard InChI is InChI=1S/C18H27ClN2O2S/c19-17-8-6-16(7-9-17)14-24(22,23)20-15-18(10-2-3-11-18)21-12-4-1-5-13-21/h6-9,20H,1-5,10-15H2. The fourth-order valence-electron chi connectivity index (χ4n) is 4.10. The Labute approximate surface area is 150 Å². The van der Waals surface area contributed by atoms with Crippen LogP contribution in [0.25, 0.3) is 0 Å². The molecule has 0 amide bonds. The molecule has 134 valence electrons. The van der Waals surface area contributed by atoms with E-state index in [0.717, 1.165) is 31.5 Å². The van der Waals surface area contributed by atoms with Gasteiger partial charge in [0.05, 0.1) is 5.75 Å². The second-order valence-electron chi connectivity index (χ2n) is 7.19. The van der Waals surface area contributed by atoms with Gasteiger partial charge in [0.1, 0.15) is 0 Å². The lowest BCUT2D eigenvalue weighted by Crippen LogP contribution is -2.55. The summed E-state index contributed by atoms with van der Waals surface area (Å²) in [4.78, 5) is 2.55. The van der Waals surface area contributed by atoms with Crippen molar-refractivity contribution in [2.45, 2.75) is 56.2 Å². The number of halogens is 1. The monoisotopic (exact) mass is 370 g/mol. The van der Waals surface area contributed by atoms with Crippen LogP contribution in [0.15, 0.2) is 24.3 Å². The van der Waals surface area contributed by atoms with Crippen molar-refractivity contribution in [2.24, 2.45) is 0 Å². The van der Waals surface area contributed by atoms with Gasteiger partial charge in [-0.15, -0.1) is 0 Å². The third-order valence-electron chi connectivity index (χ3n) is 5.45. The summed E-state index contributed by atoms with van der Waals surface area (Å²) in [6.45, 7) is 2.76. The summed E-state index contributed by atoms with van der Waals surface area (Å²) >= 11 is 5.86. The molecule has 2 aliphatic rings. The fourth-order valence-corrected chi connectivity index (χ4v) is 5.45. The molecule has 1 N–H and O–H groups in total. The molecule has 1 aliphatic heterocycles. The van der Waals surface area contributed by atoms with Gasteiger partial charge in [0, 0.05) is 17.1 Å². The van der Waals surface area contributed by atoms with E-state index >= 15 is 0 Å². The van der Waals surface area contributed by atoms with Gasteiger partial charge in [0.2, 0.25) is 10.0 Å². The van der Waals surface area contributed by atoms with Crippen molar-refractivity contribution in [3.05, 3.63) is 34.9 Å². The lowest BCUT2D eigenvalue weighted by Gasteiger charge is -2.43. The molecule has 1 heterocycles. The second kappa shape index (κ2) is 7.73. The minimum Gasteiger partial charge on any atom is -0.296 e. The zero-order valence-corrected chi connectivity index (χ0v) is 15.7. The normalized spacial score (nSPS) is 21.9. The van der Waals surface area contributed by atoms with Gasteiger partial charge >= 0.3 is 0 Å². The molecule has 0 atom stereocenters. The summed E-state index contributed by atoms with van der Waals surface area (Å²) < 4.78 is 27.9. The van der Waals surface area contributed by atoms with E-state index in [1.54, 1.807) is 24.3 Å². The highest BCUT2D eigenvalue weighted by molar-refractivity contribution is 7.88. The third kappa shape index (κ3) is 4.51. The SMILES string of the molecule is O=S(=O)(Cc1ccc(Cl)cc1)NCC1(N2CCCCC2)CCCC1. The highest BCUT2D eigenvalue weighted by atomic mass is 35.5. The second-order valence-corrected chi connectivity index (χ2v) is 9.43. The van der Waals surface area contributed by atoms with Gasteiger partial charge in [-0.1, -0.05) is 43.0 Å². The number of sulfonamides is 1. The molecular weight excluding hydrogens is 344 g/mol. The van der Waals surface area contributed by atoms with E-state index in [0.29, 0.717) is 11.6 Å². The molecule has 6 heteroatoms. The van der Waals surface area contributed by atoms with Gasteiger partial charge < -0.3 is 0 Å². The van der Waals surface area contributed by atoms with Gasteiger partial charge in [0.15, 0.2) is 0 Å². The maximum absolute atomic E-state index is 12.5. The molecule has 0 radical (unpaired) electrons. The van der Waals surface area contributed by atoms with E-state index in [4.69, 9.17) is 11.6 Å². The molecule has 1 aliphatic carbocycles. The summed E-state index contributed by atoms with van der Waals surface area (Å²) in [5.41, 5.74) is 0.804. The summed E-state index contributed by atoms with van der Waals surface area (Å²) in [5, 5.41) is 0.624. The van der Waals surface area contributed by atoms with Crippen LogP contribution in [-0.2, 0) is 15.8 Å². The Morgan fingerprint density at radius 2 is 1.62 bits per heavy atom. The Kier molecular flexibility index (Phi) is 5.85. The molecule has 4 nitrogen and oxygen atoms in total. The molecule has 1 saturated heterocycles. The smallest absolute Gasteiger partial charge is 0.215 e. The maximum atomic E-state index is 12.5. The van der Waals surface area contributed by atoms with E-state index in [-0.39, 0.29) is 11.3 Å². The number of nitrogens with one attached hydrogen (secondary N) is 1. The number of piperidine rings is 1. The largest absolute Gasteiger partial charge is 0.296 e. The minimum atomic E-state index is -3.33. The first-order valence-corrected chi connectivity index (χ1v) is 11.0. The lowest BCUT2D eigenvalue weighted by molar-refractivity contribution is 0.0743. The van der Waals surface area contributed by atoms with Crippen LogP contribution < -0.4 is 4.72 Å². The first-order valence-electron chi connectivity index (χ1n) is 8.96. The molecule has 3 rings (SSSR count).